The summed E-state index contributed by atoms with van der Waals surface area (Å²) in [5.74, 6) is 1.15. The van der Waals surface area contributed by atoms with Gasteiger partial charge in [0.2, 0.25) is 0 Å². The zero-order valence-electron chi connectivity index (χ0n) is 20.9. The smallest absolute Gasteiger partial charge is 0.335 e. The standard InChI is InChI=1S/C28H34N2O5/c1-5-33-25(28(32)34-6-2)18-21-12-14-23(15-13-21)35-17-16-30-26(31)19-24(29-27(30)20(3)4)22-10-8-7-9-11-22/h7-15,19-20,25H,5-6,16-18H2,1-4H3. The Labute approximate surface area is 206 Å². The predicted molar refractivity (Wildman–Crippen MR) is 136 cm³/mol. The molecule has 1 aromatic heterocycles. The average molecular weight is 479 g/mol. The second-order valence-electron chi connectivity index (χ2n) is 8.40. The van der Waals surface area contributed by atoms with E-state index in [2.05, 4.69) is 0 Å². The molecule has 0 saturated carbocycles. The van der Waals surface area contributed by atoms with Crippen molar-refractivity contribution < 1.29 is 19.0 Å². The van der Waals surface area contributed by atoms with E-state index >= 15 is 0 Å². The zero-order valence-corrected chi connectivity index (χ0v) is 20.9. The minimum atomic E-state index is -0.626. The summed E-state index contributed by atoms with van der Waals surface area (Å²) >= 11 is 0. The number of rotatable bonds is 12. The highest BCUT2D eigenvalue weighted by Gasteiger charge is 2.20. The van der Waals surface area contributed by atoms with Gasteiger partial charge in [0.05, 0.1) is 18.8 Å². The number of esters is 1. The van der Waals surface area contributed by atoms with E-state index in [1.165, 1.54) is 0 Å². The van der Waals surface area contributed by atoms with Crippen LogP contribution in [0.25, 0.3) is 11.3 Å². The molecule has 0 saturated heterocycles. The van der Waals surface area contributed by atoms with E-state index < -0.39 is 6.10 Å². The van der Waals surface area contributed by atoms with Crippen LogP contribution in [0.5, 0.6) is 5.75 Å². The molecule has 3 aromatic rings. The fraction of sp³-hybridized carbons (Fsp3) is 0.393. The van der Waals surface area contributed by atoms with Crippen molar-refractivity contribution in [3.8, 4) is 17.0 Å². The predicted octanol–water partition coefficient (Wildman–Crippen LogP) is 4.62. The van der Waals surface area contributed by atoms with Gasteiger partial charge in [-0.3, -0.25) is 9.36 Å². The first-order chi connectivity index (χ1) is 16.9. The van der Waals surface area contributed by atoms with Gasteiger partial charge in [0.1, 0.15) is 18.2 Å². The van der Waals surface area contributed by atoms with Crippen molar-refractivity contribution in [3.05, 3.63) is 82.4 Å². The second-order valence-corrected chi connectivity index (χ2v) is 8.40. The van der Waals surface area contributed by atoms with Gasteiger partial charge in [0.15, 0.2) is 6.10 Å². The van der Waals surface area contributed by atoms with Gasteiger partial charge in [0.25, 0.3) is 5.56 Å². The third-order valence-corrected chi connectivity index (χ3v) is 5.47. The molecule has 0 radical (unpaired) electrons. The van der Waals surface area contributed by atoms with Crippen molar-refractivity contribution in [1.29, 1.82) is 0 Å². The zero-order chi connectivity index (χ0) is 25.2. The Hall–Kier alpha value is -3.45. The number of ether oxygens (including phenoxy) is 3. The maximum atomic E-state index is 12.9. The number of hydrogen-bond acceptors (Lipinski definition) is 6. The Morgan fingerprint density at radius 2 is 1.71 bits per heavy atom. The summed E-state index contributed by atoms with van der Waals surface area (Å²) in [5.41, 5.74) is 2.45. The molecule has 35 heavy (non-hydrogen) atoms. The lowest BCUT2D eigenvalue weighted by molar-refractivity contribution is -0.156. The highest BCUT2D eigenvalue weighted by atomic mass is 16.6. The highest BCUT2D eigenvalue weighted by molar-refractivity contribution is 5.75. The van der Waals surface area contributed by atoms with Crippen molar-refractivity contribution in [2.75, 3.05) is 19.8 Å². The third kappa shape index (κ3) is 7.26. The quantitative estimate of drug-likeness (QED) is 0.353. The number of carbonyl (C=O) groups excluding carboxylic acids is 1. The van der Waals surface area contributed by atoms with Gasteiger partial charge in [-0.25, -0.2) is 9.78 Å². The van der Waals surface area contributed by atoms with Crippen LogP contribution in [-0.2, 0) is 27.2 Å². The first kappa shape index (κ1) is 26.2. The van der Waals surface area contributed by atoms with Crippen LogP contribution in [0.1, 0.15) is 45.0 Å². The molecule has 0 bridgehead atoms. The normalized spacial score (nSPS) is 11.9. The molecule has 1 atom stereocenters. The van der Waals surface area contributed by atoms with Gasteiger partial charge in [-0.2, -0.15) is 0 Å². The van der Waals surface area contributed by atoms with Crippen LogP contribution in [0.3, 0.4) is 0 Å². The first-order valence-corrected chi connectivity index (χ1v) is 12.1. The van der Waals surface area contributed by atoms with Gasteiger partial charge in [0, 0.05) is 30.6 Å². The van der Waals surface area contributed by atoms with Crippen LogP contribution in [-0.4, -0.2) is 41.4 Å². The lowest BCUT2D eigenvalue weighted by Gasteiger charge is -2.17. The van der Waals surface area contributed by atoms with Crippen LogP contribution in [0, 0.1) is 0 Å². The van der Waals surface area contributed by atoms with Gasteiger partial charge in [-0.05, 0) is 31.5 Å². The fourth-order valence-corrected chi connectivity index (χ4v) is 3.78. The van der Waals surface area contributed by atoms with Gasteiger partial charge in [-0.15, -0.1) is 0 Å². The van der Waals surface area contributed by atoms with E-state index in [1.807, 2.05) is 75.4 Å². The summed E-state index contributed by atoms with van der Waals surface area (Å²) in [4.78, 5) is 29.7. The number of hydrogen-bond donors (Lipinski definition) is 0. The van der Waals surface area contributed by atoms with Gasteiger partial charge >= 0.3 is 5.97 Å². The molecule has 0 amide bonds. The fourth-order valence-electron chi connectivity index (χ4n) is 3.78. The monoisotopic (exact) mass is 478 g/mol. The van der Waals surface area contributed by atoms with Crippen LogP contribution < -0.4 is 10.3 Å². The van der Waals surface area contributed by atoms with E-state index in [9.17, 15) is 9.59 Å². The van der Waals surface area contributed by atoms with Gasteiger partial charge < -0.3 is 14.2 Å². The second kappa shape index (κ2) is 12.9. The summed E-state index contributed by atoms with van der Waals surface area (Å²) in [6.07, 6.45) is -0.195. The van der Waals surface area contributed by atoms with Crippen molar-refractivity contribution in [2.45, 2.75) is 52.7 Å². The molecule has 0 N–H and O–H groups in total. The minimum absolute atomic E-state index is 0.0864. The topological polar surface area (TPSA) is 79.7 Å². The molecule has 0 fully saturated rings. The Morgan fingerprint density at radius 1 is 1.00 bits per heavy atom. The number of benzene rings is 2. The molecule has 0 aliphatic rings. The largest absolute Gasteiger partial charge is 0.492 e. The van der Waals surface area contributed by atoms with Gasteiger partial charge in [-0.1, -0.05) is 56.3 Å². The molecular formula is C28H34N2O5. The van der Waals surface area contributed by atoms with E-state index in [0.29, 0.717) is 44.2 Å². The van der Waals surface area contributed by atoms with Crippen molar-refractivity contribution in [2.24, 2.45) is 0 Å². The van der Waals surface area contributed by atoms with Crippen LogP contribution in [0.4, 0.5) is 0 Å². The van der Waals surface area contributed by atoms with Crippen molar-refractivity contribution >= 4 is 5.97 Å². The molecule has 1 unspecified atom stereocenters. The van der Waals surface area contributed by atoms with Crippen LogP contribution in [0.2, 0.25) is 0 Å². The molecule has 7 nitrogen and oxygen atoms in total. The Balaban J connectivity index is 1.64. The molecule has 1 heterocycles. The molecule has 186 valence electrons. The summed E-state index contributed by atoms with van der Waals surface area (Å²) in [5, 5.41) is 0. The molecule has 2 aromatic carbocycles. The summed E-state index contributed by atoms with van der Waals surface area (Å²) in [6, 6.07) is 18.8. The molecule has 0 spiro atoms. The maximum Gasteiger partial charge on any atom is 0.335 e. The lowest BCUT2D eigenvalue weighted by atomic mass is 10.1. The Bertz CT molecular complexity index is 1140. The molecule has 3 rings (SSSR count). The maximum absolute atomic E-state index is 12.9. The molecule has 0 aliphatic carbocycles. The van der Waals surface area contributed by atoms with E-state index in [1.54, 1.807) is 17.6 Å². The van der Waals surface area contributed by atoms with E-state index in [0.717, 1.165) is 17.0 Å². The minimum Gasteiger partial charge on any atom is -0.492 e. The van der Waals surface area contributed by atoms with E-state index in [4.69, 9.17) is 19.2 Å². The molecular weight excluding hydrogens is 444 g/mol. The van der Waals surface area contributed by atoms with Crippen molar-refractivity contribution in [3.63, 3.8) is 0 Å². The van der Waals surface area contributed by atoms with Crippen LogP contribution >= 0.6 is 0 Å². The van der Waals surface area contributed by atoms with Crippen LogP contribution in [0.15, 0.2) is 65.5 Å². The number of nitrogens with zero attached hydrogens (tertiary/aromatic N) is 2. The summed E-state index contributed by atoms with van der Waals surface area (Å²) in [7, 11) is 0. The van der Waals surface area contributed by atoms with E-state index in [-0.39, 0.29) is 17.4 Å². The Morgan fingerprint density at radius 3 is 2.34 bits per heavy atom. The SMILES string of the molecule is CCOC(=O)C(Cc1ccc(OCCn2c(C(C)C)nc(-c3ccccc3)cc2=O)cc1)OCC. The summed E-state index contributed by atoms with van der Waals surface area (Å²) in [6.45, 7) is 9.16. The molecule has 0 aliphatic heterocycles. The average Bonchev–Trinajstić information content (AvgIpc) is 2.86. The number of aromatic nitrogens is 2. The molecule has 7 heteroatoms. The third-order valence-electron chi connectivity index (χ3n) is 5.47. The summed E-state index contributed by atoms with van der Waals surface area (Å²) < 4.78 is 18.2. The first-order valence-electron chi connectivity index (χ1n) is 12.1. The Kier molecular flexibility index (Phi) is 9.61. The van der Waals surface area contributed by atoms with Crippen molar-refractivity contribution in [1.82, 2.24) is 9.55 Å². The highest BCUT2D eigenvalue weighted by Crippen LogP contribution is 2.19. The number of carbonyl (C=O) groups is 1. The lowest BCUT2D eigenvalue weighted by Crippen LogP contribution is -2.29.